The molecular formula is C19H14N2O5. The molecule has 0 fully saturated rings. The van der Waals surface area contributed by atoms with E-state index >= 15 is 0 Å². The first-order chi connectivity index (χ1) is 12.5. The maximum atomic E-state index is 11.7. The number of rotatable bonds is 6. The fraction of sp³-hybridized carbons (Fsp3) is 0.158. The number of aromatic carboxylic acids is 1. The van der Waals surface area contributed by atoms with Gasteiger partial charge < -0.3 is 14.3 Å². The second-order valence-corrected chi connectivity index (χ2v) is 5.48. The number of carboxylic acid groups (broad SMARTS) is 1. The Labute approximate surface area is 148 Å². The smallest absolute Gasteiger partial charge is 0.335 e. The van der Waals surface area contributed by atoms with E-state index in [2.05, 4.69) is 4.98 Å². The van der Waals surface area contributed by atoms with E-state index in [0.29, 0.717) is 28.8 Å². The third kappa shape index (κ3) is 3.39. The van der Waals surface area contributed by atoms with Gasteiger partial charge in [-0.1, -0.05) is 6.92 Å². The molecule has 3 rings (SSSR count). The van der Waals surface area contributed by atoms with Crippen LogP contribution in [0.5, 0.6) is 5.75 Å². The molecule has 0 aliphatic carbocycles. The van der Waals surface area contributed by atoms with Gasteiger partial charge in [0.25, 0.3) is 0 Å². The lowest BCUT2D eigenvalue weighted by Gasteiger charge is -2.07. The van der Waals surface area contributed by atoms with Crippen LogP contribution in [0.2, 0.25) is 0 Å². The van der Waals surface area contributed by atoms with E-state index in [-0.39, 0.29) is 29.4 Å². The van der Waals surface area contributed by atoms with Gasteiger partial charge >= 0.3 is 5.97 Å². The van der Waals surface area contributed by atoms with Gasteiger partial charge in [0.05, 0.1) is 11.1 Å². The van der Waals surface area contributed by atoms with Crippen LogP contribution in [0.25, 0.3) is 11.1 Å². The number of aromatic nitrogens is 1. The molecule has 0 radical (unpaired) electrons. The standard InChI is InChI=1S/C19H14N2O5/c1-2-15(22)11-4-6-16(13(7-11)9-20)25-10-18-21-14-5-3-12(19(23)24)8-17(14)26-18/h3-8H,2,10H2,1H3,(H,23,24). The summed E-state index contributed by atoms with van der Waals surface area (Å²) in [6.45, 7) is 1.72. The minimum Gasteiger partial charge on any atom is -0.482 e. The summed E-state index contributed by atoms with van der Waals surface area (Å²) in [5.41, 5.74) is 1.66. The zero-order chi connectivity index (χ0) is 18.7. The Balaban J connectivity index is 1.80. The van der Waals surface area contributed by atoms with Crippen LogP contribution < -0.4 is 4.74 Å². The number of carbonyl (C=O) groups is 2. The second-order valence-electron chi connectivity index (χ2n) is 5.48. The minimum atomic E-state index is -1.05. The highest BCUT2D eigenvalue weighted by Gasteiger charge is 2.13. The molecule has 0 aliphatic rings. The molecule has 2 aromatic carbocycles. The van der Waals surface area contributed by atoms with E-state index in [1.165, 1.54) is 18.2 Å². The first-order valence-corrected chi connectivity index (χ1v) is 7.84. The van der Waals surface area contributed by atoms with Gasteiger partial charge in [-0.25, -0.2) is 9.78 Å². The number of hydrogen-bond donors (Lipinski definition) is 1. The van der Waals surface area contributed by atoms with E-state index in [1.54, 1.807) is 25.1 Å². The molecule has 26 heavy (non-hydrogen) atoms. The summed E-state index contributed by atoms with van der Waals surface area (Å²) < 4.78 is 11.1. The zero-order valence-electron chi connectivity index (χ0n) is 13.9. The van der Waals surface area contributed by atoms with Crippen LogP contribution in [-0.4, -0.2) is 21.8 Å². The lowest BCUT2D eigenvalue weighted by atomic mass is 10.1. The summed E-state index contributed by atoms with van der Waals surface area (Å²) in [4.78, 5) is 26.9. The number of carboxylic acids is 1. The fourth-order valence-corrected chi connectivity index (χ4v) is 2.43. The van der Waals surface area contributed by atoms with Crippen LogP contribution in [-0.2, 0) is 6.61 Å². The van der Waals surface area contributed by atoms with Crippen molar-refractivity contribution in [3.8, 4) is 11.8 Å². The maximum absolute atomic E-state index is 11.7. The number of hydrogen-bond acceptors (Lipinski definition) is 6. The number of nitrogens with zero attached hydrogens (tertiary/aromatic N) is 2. The molecule has 1 heterocycles. The summed E-state index contributed by atoms with van der Waals surface area (Å²) in [5.74, 6) is -0.545. The summed E-state index contributed by atoms with van der Waals surface area (Å²) in [6, 6.07) is 11.0. The molecule has 0 saturated heterocycles. The van der Waals surface area contributed by atoms with E-state index in [9.17, 15) is 14.9 Å². The van der Waals surface area contributed by atoms with Crippen molar-refractivity contribution in [3.05, 3.63) is 59.0 Å². The molecule has 3 aromatic rings. The number of nitriles is 1. The highest BCUT2D eigenvalue weighted by atomic mass is 16.5. The predicted molar refractivity (Wildman–Crippen MR) is 91.1 cm³/mol. The van der Waals surface area contributed by atoms with Gasteiger partial charge in [-0.3, -0.25) is 4.79 Å². The lowest BCUT2D eigenvalue weighted by Crippen LogP contribution is -2.01. The number of benzene rings is 2. The molecule has 0 spiro atoms. The minimum absolute atomic E-state index is 0.0349. The third-order valence-electron chi connectivity index (χ3n) is 3.77. The van der Waals surface area contributed by atoms with E-state index in [1.807, 2.05) is 6.07 Å². The molecule has 0 saturated carbocycles. The van der Waals surface area contributed by atoms with Gasteiger partial charge in [0.15, 0.2) is 18.0 Å². The molecule has 1 N–H and O–H groups in total. The van der Waals surface area contributed by atoms with Gasteiger partial charge in [-0.05, 0) is 36.4 Å². The molecule has 0 atom stereocenters. The van der Waals surface area contributed by atoms with Crippen molar-refractivity contribution in [3.63, 3.8) is 0 Å². The van der Waals surface area contributed by atoms with Crippen molar-refractivity contribution >= 4 is 22.9 Å². The Hall–Kier alpha value is -3.66. The fourth-order valence-electron chi connectivity index (χ4n) is 2.43. The molecule has 0 unspecified atom stereocenters. The SMILES string of the molecule is CCC(=O)c1ccc(OCc2nc3ccc(C(=O)O)cc3o2)c(C#N)c1. The largest absolute Gasteiger partial charge is 0.482 e. The third-order valence-corrected chi connectivity index (χ3v) is 3.77. The summed E-state index contributed by atoms with van der Waals surface area (Å²) in [6.07, 6.45) is 0.353. The first kappa shape index (κ1) is 17.2. The number of Topliss-reactive ketones (excluding diaryl/α,β-unsaturated/α-hetero) is 1. The topological polar surface area (TPSA) is 113 Å². The van der Waals surface area contributed by atoms with Crippen LogP contribution in [0.3, 0.4) is 0 Å². The van der Waals surface area contributed by atoms with Crippen LogP contribution in [0, 0.1) is 11.3 Å². The normalized spacial score (nSPS) is 10.5. The lowest BCUT2D eigenvalue weighted by molar-refractivity contribution is 0.0696. The van der Waals surface area contributed by atoms with Crippen molar-refractivity contribution in [2.75, 3.05) is 0 Å². The van der Waals surface area contributed by atoms with Crippen LogP contribution in [0.15, 0.2) is 40.8 Å². The Morgan fingerprint density at radius 1 is 1.23 bits per heavy atom. The average Bonchev–Trinajstić information content (AvgIpc) is 3.07. The number of carbonyl (C=O) groups excluding carboxylic acids is 1. The monoisotopic (exact) mass is 350 g/mol. The second kappa shape index (κ2) is 7.07. The van der Waals surface area contributed by atoms with Crippen molar-refractivity contribution in [1.29, 1.82) is 5.26 Å². The van der Waals surface area contributed by atoms with Crippen LogP contribution in [0.4, 0.5) is 0 Å². The van der Waals surface area contributed by atoms with Gasteiger partial charge in [0.1, 0.15) is 17.3 Å². The molecular weight excluding hydrogens is 336 g/mol. The Morgan fingerprint density at radius 3 is 2.69 bits per heavy atom. The highest BCUT2D eigenvalue weighted by molar-refractivity contribution is 5.96. The average molecular weight is 350 g/mol. The zero-order valence-corrected chi connectivity index (χ0v) is 13.9. The van der Waals surface area contributed by atoms with Gasteiger partial charge in [-0.2, -0.15) is 5.26 Å². The van der Waals surface area contributed by atoms with Crippen molar-refractivity contribution < 1.29 is 23.8 Å². The molecule has 130 valence electrons. The maximum Gasteiger partial charge on any atom is 0.335 e. The van der Waals surface area contributed by atoms with Crippen molar-refractivity contribution in [2.45, 2.75) is 20.0 Å². The first-order valence-electron chi connectivity index (χ1n) is 7.84. The molecule has 1 aromatic heterocycles. The number of oxazole rings is 1. The Morgan fingerprint density at radius 2 is 2.00 bits per heavy atom. The Bertz CT molecular complexity index is 1050. The van der Waals surface area contributed by atoms with Crippen molar-refractivity contribution in [2.24, 2.45) is 0 Å². The molecule has 0 aliphatic heterocycles. The number of fused-ring (bicyclic) bond motifs is 1. The number of ketones is 1. The van der Waals surface area contributed by atoms with Crippen LogP contribution in [0.1, 0.15) is 45.5 Å². The molecule has 7 nitrogen and oxygen atoms in total. The predicted octanol–water partition coefficient (Wildman–Crippen LogP) is 3.57. The number of ether oxygens (including phenoxy) is 1. The van der Waals surface area contributed by atoms with Crippen molar-refractivity contribution in [1.82, 2.24) is 4.98 Å². The Kier molecular flexibility index (Phi) is 4.67. The van der Waals surface area contributed by atoms with Gasteiger partial charge in [0.2, 0.25) is 5.89 Å². The summed E-state index contributed by atoms with van der Waals surface area (Å²) in [7, 11) is 0. The van der Waals surface area contributed by atoms with Crippen LogP contribution >= 0.6 is 0 Å². The van der Waals surface area contributed by atoms with E-state index in [4.69, 9.17) is 14.3 Å². The van der Waals surface area contributed by atoms with E-state index < -0.39 is 5.97 Å². The quantitative estimate of drug-likeness (QED) is 0.676. The summed E-state index contributed by atoms with van der Waals surface area (Å²) in [5, 5.41) is 18.3. The summed E-state index contributed by atoms with van der Waals surface area (Å²) >= 11 is 0. The molecule has 0 bridgehead atoms. The van der Waals surface area contributed by atoms with Gasteiger partial charge in [-0.15, -0.1) is 0 Å². The molecule has 7 heteroatoms. The van der Waals surface area contributed by atoms with E-state index in [0.717, 1.165) is 0 Å². The highest BCUT2D eigenvalue weighted by Crippen LogP contribution is 2.23. The van der Waals surface area contributed by atoms with Gasteiger partial charge in [0, 0.05) is 12.0 Å². The molecule has 0 amide bonds.